The molecule has 4 heteroatoms. The quantitative estimate of drug-likeness (QED) is 0.565. The van der Waals surface area contributed by atoms with Gasteiger partial charge in [0.25, 0.3) is 0 Å². The average Bonchev–Trinajstić information content (AvgIpc) is 2.34. The maximum Gasteiger partial charge on any atom is 0.139 e. The van der Waals surface area contributed by atoms with Crippen LogP contribution in [0.1, 0.15) is 12.0 Å². The van der Waals surface area contributed by atoms with Gasteiger partial charge in [-0.2, -0.15) is 0 Å². The largest absolute Gasteiger partial charge is 0.495 e. The molecule has 0 amide bonds. The predicted octanol–water partition coefficient (Wildman–Crippen LogP) is 2.56. The number of hydrogen-bond donors (Lipinski definition) is 0. The molecule has 1 aromatic carbocycles. The van der Waals surface area contributed by atoms with Gasteiger partial charge in [-0.3, -0.25) is 0 Å². The van der Waals surface area contributed by atoms with Gasteiger partial charge in [-0.1, -0.05) is 6.07 Å². The third kappa shape index (κ3) is 2.70. The normalized spacial score (nSPS) is 9.94. The predicted molar refractivity (Wildman–Crippen MR) is 65.7 cm³/mol. The lowest BCUT2D eigenvalue weighted by Gasteiger charge is -2.14. The van der Waals surface area contributed by atoms with Crippen LogP contribution >= 0.6 is 11.8 Å². The van der Waals surface area contributed by atoms with Gasteiger partial charge in [-0.05, 0) is 24.3 Å². The molecule has 16 heavy (non-hydrogen) atoms. The van der Waals surface area contributed by atoms with Crippen molar-refractivity contribution < 1.29 is 14.3 Å². The van der Waals surface area contributed by atoms with Crippen LogP contribution in [0, 0.1) is 0 Å². The second kappa shape index (κ2) is 6.43. The van der Waals surface area contributed by atoms with Crippen molar-refractivity contribution in [1.29, 1.82) is 0 Å². The second-order valence-electron chi connectivity index (χ2n) is 3.20. The Morgan fingerprint density at radius 3 is 2.56 bits per heavy atom. The Labute approximate surface area is 100 Å². The van der Waals surface area contributed by atoms with Crippen LogP contribution in [0.5, 0.6) is 11.5 Å². The monoisotopic (exact) mass is 240 g/mol. The third-order valence-electron chi connectivity index (χ3n) is 2.32. The molecule has 0 aliphatic rings. The maximum absolute atomic E-state index is 10.4. The van der Waals surface area contributed by atoms with E-state index >= 15 is 0 Å². The zero-order valence-corrected chi connectivity index (χ0v) is 10.6. The van der Waals surface area contributed by atoms with Crippen molar-refractivity contribution in [2.45, 2.75) is 17.7 Å². The minimum absolute atomic E-state index is 0.510. The van der Waals surface area contributed by atoms with Crippen LogP contribution in [0.15, 0.2) is 17.0 Å². The van der Waals surface area contributed by atoms with E-state index in [9.17, 15) is 4.79 Å². The van der Waals surface area contributed by atoms with Crippen molar-refractivity contribution >= 4 is 18.0 Å². The van der Waals surface area contributed by atoms with Crippen LogP contribution in [-0.2, 0) is 11.2 Å². The average molecular weight is 240 g/mol. The molecular weight excluding hydrogens is 224 g/mol. The van der Waals surface area contributed by atoms with E-state index in [-0.39, 0.29) is 0 Å². The summed E-state index contributed by atoms with van der Waals surface area (Å²) in [6, 6.07) is 3.86. The Balaban J connectivity index is 3.14. The van der Waals surface area contributed by atoms with Gasteiger partial charge in [0.05, 0.1) is 19.1 Å². The molecule has 0 aliphatic carbocycles. The number of rotatable bonds is 6. The maximum atomic E-state index is 10.4. The van der Waals surface area contributed by atoms with Crippen molar-refractivity contribution in [3.05, 3.63) is 17.7 Å². The van der Waals surface area contributed by atoms with E-state index in [2.05, 4.69) is 0 Å². The number of benzene rings is 1. The second-order valence-corrected chi connectivity index (χ2v) is 4.02. The van der Waals surface area contributed by atoms with Gasteiger partial charge in [-0.15, -0.1) is 11.8 Å². The molecule has 0 aromatic heterocycles. The number of aryl methyl sites for hydroxylation is 1. The Morgan fingerprint density at radius 1 is 1.31 bits per heavy atom. The lowest BCUT2D eigenvalue weighted by molar-refractivity contribution is -0.107. The molecule has 0 saturated heterocycles. The zero-order valence-electron chi connectivity index (χ0n) is 9.78. The standard InChI is InChI=1S/C12H16O3S/c1-14-10-7-6-9(5-4-8-13)11(15-2)12(10)16-3/h6-8H,4-5H2,1-3H3. The molecule has 0 radical (unpaired) electrons. The molecule has 0 N–H and O–H groups in total. The number of thioether (sulfide) groups is 1. The van der Waals surface area contributed by atoms with Crippen LogP contribution in [0.25, 0.3) is 0 Å². The van der Waals surface area contributed by atoms with E-state index in [1.807, 2.05) is 18.4 Å². The minimum atomic E-state index is 0.510. The Morgan fingerprint density at radius 2 is 2.06 bits per heavy atom. The summed E-state index contributed by atoms with van der Waals surface area (Å²) in [6.07, 6.45) is 4.10. The first kappa shape index (κ1) is 12.9. The van der Waals surface area contributed by atoms with E-state index in [1.165, 1.54) is 0 Å². The smallest absolute Gasteiger partial charge is 0.139 e. The summed E-state index contributed by atoms with van der Waals surface area (Å²) in [5, 5.41) is 0. The van der Waals surface area contributed by atoms with E-state index in [0.29, 0.717) is 12.8 Å². The highest BCUT2D eigenvalue weighted by Gasteiger charge is 2.13. The summed E-state index contributed by atoms with van der Waals surface area (Å²) in [4.78, 5) is 11.4. The first-order chi connectivity index (χ1) is 7.78. The Hall–Kier alpha value is -1.16. The fourth-order valence-electron chi connectivity index (χ4n) is 1.57. The van der Waals surface area contributed by atoms with Gasteiger partial charge in [0.15, 0.2) is 0 Å². The lowest BCUT2D eigenvalue weighted by Crippen LogP contribution is -1.97. The van der Waals surface area contributed by atoms with Gasteiger partial charge >= 0.3 is 0 Å². The molecule has 0 fully saturated rings. The number of hydrogen-bond acceptors (Lipinski definition) is 4. The summed E-state index contributed by atoms with van der Waals surface area (Å²) >= 11 is 1.58. The van der Waals surface area contributed by atoms with Gasteiger partial charge in [0.1, 0.15) is 17.8 Å². The van der Waals surface area contributed by atoms with Crippen LogP contribution in [0.4, 0.5) is 0 Å². The van der Waals surface area contributed by atoms with Gasteiger partial charge < -0.3 is 14.3 Å². The molecule has 0 aliphatic heterocycles. The van der Waals surface area contributed by atoms with E-state index in [1.54, 1.807) is 26.0 Å². The SMILES string of the molecule is COc1ccc(CCC=O)c(OC)c1SC. The number of carbonyl (C=O) groups is 1. The highest BCUT2D eigenvalue weighted by Crippen LogP contribution is 2.39. The zero-order chi connectivity index (χ0) is 12.0. The topological polar surface area (TPSA) is 35.5 Å². The van der Waals surface area contributed by atoms with Crippen molar-refractivity contribution in [2.24, 2.45) is 0 Å². The lowest BCUT2D eigenvalue weighted by atomic mass is 10.1. The van der Waals surface area contributed by atoms with Crippen molar-refractivity contribution in [2.75, 3.05) is 20.5 Å². The Kier molecular flexibility index (Phi) is 5.19. The number of ether oxygens (including phenoxy) is 2. The minimum Gasteiger partial charge on any atom is -0.495 e. The van der Waals surface area contributed by atoms with Crippen LogP contribution in [0.2, 0.25) is 0 Å². The van der Waals surface area contributed by atoms with Crippen LogP contribution in [-0.4, -0.2) is 26.8 Å². The fourth-order valence-corrected chi connectivity index (χ4v) is 2.33. The molecule has 0 bridgehead atoms. The van der Waals surface area contributed by atoms with Crippen LogP contribution in [0.3, 0.4) is 0 Å². The summed E-state index contributed by atoms with van der Waals surface area (Å²) < 4.78 is 10.7. The third-order valence-corrected chi connectivity index (χ3v) is 3.11. The summed E-state index contributed by atoms with van der Waals surface area (Å²) in [6.45, 7) is 0. The van der Waals surface area contributed by atoms with Gasteiger partial charge in [-0.25, -0.2) is 0 Å². The number of aldehydes is 1. The van der Waals surface area contributed by atoms with Gasteiger partial charge in [0.2, 0.25) is 0 Å². The van der Waals surface area contributed by atoms with E-state index in [0.717, 1.165) is 28.2 Å². The molecule has 1 aromatic rings. The van der Waals surface area contributed by atoms with Crippen molar-refractivity contribution in [1.82, 2.24) is 0 Å². The first-order valence-electron chi connectivity index (χ1n) is 5.00. The summed E-state index contributed by atoms with van der Waals surface area (Å²) in [7, 11) is 3.28. The highest BCUT2D eigenvalue weighted by molar-refractivity contribution is 7.98. The molecule has 0 unspecified atom stereocenters. The Bertz CT molecular complexity index is 364. The molecule has 1 rings (SSSR count). The number of methoxy groups -OCH3 is 2. The molecular formula is C12H16O3S. The molecule has 3 nitrogen and oxygen atoms in total. The summed E-state index contributed by atoms with van der Waals surface area (Å²) in [5.74, 6) is 1.62. The summed E-state index contributed by atoms with van der Waals surface area (Å²) in [5.41, 5.74) is 1.04. The van der Waals surface area contributed by atoms with Crippen LogP contribution < -0.4 is 9.47 Å². The number of carbonyl (C=O) groups excluding carboxylic acids is 1. The van der Waals surface area contributed by atoms with Crippen molar-refractivity contribution in [3.8, 4) is 11.5 Å². The first-order valence-corrected chi connectivity index (χ1v) is 6.22. The fraction of sp³-hybridized carbons (Fsp3) is 0.417. The van der Waals surface area contributed by atoms with Crippen molar-refractivity contribution in [3.63, 3.8) is 0 Å². The van der Waals surface area contributed by atoms with Gasteiger partial charge in [0, 0.05) is 6.42 Å². The molecule has 88 valence electrons. The highest BCUT2D eigenvalue weighted by atomic mass is 32.2. The van der Waals surface area contributed by atoms with E-state index < -0.39 is 0 Å². The molecule has 0 atom stereocenters. The molecule has 0 spiro atoms. The molecule has 0 heterocycles. The molecule has 0 saturated carbocycles. The van der Waals surface area contributed by atoms with E-state index in [4.69, 9.17) is 9.47 Å².